The van der Waals surface area contributed by atoms with Crippen molar-refractivity contribution in [1.29, 1.82) is 0 Å². The molecule has 1 aliphatic carbocycles. The molecule has 0 saturated heterocycles. The minimum absolute atomic E-state index is 0.268. The summed E-state index contributed by atoms with van der Waals surface area (Å²) in [4.78, 5) is 0. The quantitative estimate of drug-likeness (QED) is 0.540. The average molecular weight is 232 g/mol. The number of methoxy groups -OCH3 is 1. The van der Waals surface area contributed by atoms with Crippen molar-refractivity contribution in [3.05, 3.63) is 0 Å². The van der Waals surface area contributed by atoms with Gasteiger partial charge in [0.25, 0.3) is 0 Å². The molecule has 16 heavy (non-hydrogen) atoms. The number of rotatable bonds is 7. The molecule has 1 fully saturated rings. The lowest BCUT2D eigenvalue weighted by atomic mass is 9.85. The van der Waals surface area contributed by atoms with E-state index < -0.39 is 6.23 Å². The Balaban J connectivity index is 2.33. The first-order chi connectivity index (χ1) is 7.77. The maximum absolute atomic E-state index is 9.64. The third-order valence-electron chi connectivity index (χ3n) is 3.09. The fourth-order valence-corrected chi connectivity index (χ4v) is 2.30. The van der Waals surface area contributed by atoms with E-state index in [4.69, 9.17) is 15.2 Å². The zero-order valence-electron chi connectivity index (χ0n) is 10.0. The van der Waals surface area contributed by atoms with Crippen LogP contribution in [0, 0.1) is 5.92 Å². The molecule has 96 valence electrons. The predicted octanol–water partition coefficient (Wildman–Crippen LogP) is 0.0324. The Bertz CT molecular complexity index is 181. The van der Waals surface area contributed by atoms with E-state index in [0.717, 1.165) is 12.8 Å². The van der Waals surface area contributed by atoms with Gasteiger partial charge in [0, 0.05) is 13.2 Å². The maximum atomic E-state index is 9.64. The predicted molar refractivity (Wildman–Crippen MR) is 61.8 cm³/mol. The number of hydrogen-bond acceptors (Lipinski definition) is 5. The molecule has 0 spiro atoms. The average Bonchev–Trinajstić information content (AvgIpc) is 2.28. The van der Waals surface area contributed by atoms with Gasteiger partial charge in [0.15, 0.2) is 0 Å². The van der Waals surface area contributed by atoms with Gasteiger partial charge >= 0.3 is 0 Å². The molecular formula is C11H24N2O3. The molecule has 0 aliphatic heterocycles. The van der Waals surface area contributed by atoms with Crippen molar-refractivity contribution in [3.8, 4) is 0 Å². The molecule has 1 rings (SSSR count). The Morgan fingerprint density at radius 3 is 2.88 bits per heavy atom. The Kier molecular flexibility index (Phi) is 6.91. The summed E-state index contributed by atoms with van der Waals surface area (Å²) in [6.45, 7) is 1.26. The molecule has 5 nitrogen and oxygen atoms in total. The molecule has 0 aromatic heterocycles. The molecular weight excluding hydrogens is 208 g/mol. The van der Waals surface area contributed by atoms with Crippen LogP contribution in [0.1, 0.15) is 25.7 Å². The summed E-state index contributed by atoms with van der Waals surface area (Å²) in [5, 5.41) is 12.8. The van der Waals surface area contributed by atoms with E-state index in [9.17, 15) is 5.11 Å². The van der Waals surface area contributed by atoms with E-state index in [2.05, 4.69) is 5.32 Å². The van der Waals surface area contributed by atoms with Crippen LogP contribution in [0.25, 0.3) is 0 Å². The van der Waals surface area contributed by atoms with E-state index >= 15 is 0 Å². The molecule has 0 aromatic rings. The molecule has 1 aliphatic rings. The molecule has 0 radical (unpaired) electrons. The monoisotopic (exact) mass is 232 g/mol. The van der Waals surface area contributed by atoms with Gasteiger partial charge in [0.2, 0.25) is 0 Å². The summed E-state index contributed by atoms with van der Waals surface area (Å²) in [6.07, 6.45) is 4.07. The topological polar surface area (TPSA) is 76.7 Å². The minimum Gasteiger partial charge on any atom is -0.381 e. The van der Waals surface area contributed by atoms with Crippen molar-refractivity contribution in [2.75, 3.05) is 27.1 Å². The van der Waals surface area contributed by atoms with Gasteiger partial charge in [-0.1, -0.05) is 12.8 Å². The van der Waals surface area contributed by atoms with E-state index in [1.165, 1.54) is 12.8 Å². The molecule has 0 amide bonds. The van der Waals surface area contributed by atoms with Gasteiger partial charge in [-0.25, -0.2) is 0 Å². The van der Waals surface area contributed by atoms with Gasteiger partial charge in [-0.05, 0) is 18.8 Å². The van der Waals surface area contributed by atoms with Crippen LogP contribution >= 0.6 is 0 Å². The highest BCUT2D eigenvalue weighted by atomic mass is 16.5. The van der Waals surface area contributed by atoms with Crippen molar-refractivity contribution >= 4 is 0 Å². The summed E-state index contributed by atoms with van der Waals surface area (Å²) in [5.41, 5.74) is 5.33. The second kappa shape index (κ2) is 7.97. The Labute approximate surface area is 97.3 Å². The molecule has 3 unspecified atom stereocenters. The van der Waals surface area contributed by atoms with Crippen LogP contribution in [0.3, 0.4) is 0 Å². The van der Waals surface area contributed by atoms with Crippen molar-refractivity contribution in [2.45, 2.75) is 38.0 Å². The van der Waals surface area contributed by atoms with E-state index in [1.54, 1.807) is 7.11 Å². The molecule has 0 bridgehead atoms. The first kappa shape index (κ1) is 13.9. The largest absolute Gasteiger partial charge is 0.381 e. The highest BCUT2D eigenvalue weighted by Crippen LogP contribution is 2.24. The summed E-state index contributed by atoms with van der Waals surface area (Å²) in [5.74, 6) is 0.448. The summed E-state index contributed by atoms with van der Waals surface area (Å²) in [6, 6.07) is 0.311. The summed E-state index contributed by atoms with van der Waals surface area (Å²) >= 11 is 0. The summed E-state index contributed by atoms with van der Waals surface area (Å²) < 4.78 is 10.2. The van der Waals surface area contributed by atoms with Crippen LogP contribution < -0.4 is 11.1 Å². The maximum Gasteiger partial charge on any atom is 0.128 e. The van der Waals surface area contributed by atoms with E-state index in [0.29, 0.717) is 25.2 Å². The van der Waals surface area contributed by atoms with Gasteiger partial charge in [-0.3, -0.25) is 5.32 Å². The minimum atomic E-state index is -0.589. The lowest BCUT2D eigenvalue weighted by Crippen LogP contribution is -2.47. The van der Waals surface area contributed by atoms with Crippen molar-refractivity contribution in [3.63, 3.8) is 0 Å². The smallest absolute Gasteiger partial charge is 0.128 e. The van der Waals surface area contributed by atoms with Crippen molar-refractivity contribution < 1.29 is 14.6 Å². The van der Waals surface area contributed by atoms with Gasteiger partial charge in [-0.15, -0.1) is 0 Å². The third-order valence-corrected chi connectivity index (χ3v) is 3.09. The zero-order chi connectivity index (χ0) is 11.8. The molecule has 5 heteroatoms. The van der Waals surface area contributed by atoms with Crippen LogP contribution in [0.5, 0.6) is 0 Å². The first-order valence-corrected chi connectivity index (χ1v) is 5.98. The number of nitrogens with one attached hydrogen (secondary N) is 1. The number of aliphatic hydroxyl groups excluding tert-OH is 1. The van der Waals surface area contributed by atoms with Gasteiger partial charge in [0.05, 0.1) is 19.9 Å². The second-order valence-electron chi connectivity index (χ2n) is 4.33. The molecule has 0 heterocycles. The molecule has 0 aromatic carbocycles. The van der Waals surface area contributed by atoms with Gasteiger partial charge in [-0.2, -0.15) is 0 Å². The van der Waals surface area contributed by atoms with Crippen LogP contribution in [0.4, 0.5) is 0 Å². The summed E-state index contributed by atoms with van der Waals surface area (Å²) in [7, 11) is 1.58. The Morgan fingerprint density at radius 2 is 2.19 bits per heavy atom. The fourth-order valence-electron chi connectivity index (χ4n) is 2.30. The number of aliphatic hydroxyl groups is 1. The first-order valence-electron chi connectivity index (χ1n) is 5.98. The van der Waals surface area contributed by atoms with Crippen LogP contribution in [-0.2, 0) is 9.47 Å². The standard InChI is InChI=1S/C11H24N2O3/c1-15-7-11(14)13-10-5-3-2-4-9(10)6-16-8-12/h9-11,13-14H,2-8,12H2,1H3. The number of ether oxygens (including phenoxy) is 2. The third kappa shape index (κ3) is 4.76. The lowest BCUT2D eigenvalue weighted by Gasteiger charge is -2.33. The van der Waals surface area contributed by atoms with Crippen molar-refractivity contribution in [2.24, 2.45) is 11.7 Å². The molecule has 1 saturated carbocycles. The Morgan fingerprint density at radius 1 is 1.44 bits per heavy atom. The lowest BCUT2D eigenvalue weighted by molar-refractivity contribution is 0.00974. The SMILES string of the molecule is COCC(O)NC1CCCCC1COCN. The highest BCUT2D eigenvalue weighted by molar-refractivity contribution is 4.81. The fraction of sp³-hybridized carbons (Fsp3) is 1.00. The highest BCUT2D eigenvalue weighted by Gasteiger charge is 2.26. The van der Waals surface area contributed by atoms with Crippen LogP contribution in [0.2, 0.25) is 0 Å². The van der Waals surface area contributed by atoms with Crippen LogP contribution in [0.15, 0.2) is 0 Å². The van der Waals surface area contributed by atoms with Crippen LogP contribution in [-0.4, -0.2) is 44.4 Å². The number of nitrogens with two attached hydrogens (primary N) is 1. The Hall–Kier alpha value is -0.200. The van der Waals surface area contributed by atoms with E-state index in [1.807, 2.05) is 0 Å². The number of hydrogen-bond donors (Lipinski definition) is 3. The van der Waals surface area contributed by atoms with Gasteiger partial charge in [0.1, 0.15) is 6.23 Å². The zero-order valence-corrected chi connectivity index (χ0v) is 10.0. The second-order valence-corrected chi connectivity index (χ2v) is 4.33. The van der Waals surface area contributed by atoms with E-state index in [-0.39, 0.29) is 6.73 Å². The molecule has 4 N–H and O–H groups in total. The molecule has 3 atom stereocenters. The normalized spacial score (nSPS) is 27.9. The van der Waals surface area contributed by atoms with Crippen molar-refractivity contribution in [1.82, 2.24) is 5.32 Å². The van der Waals surface area contributed by atoms with Gasteiger partial charge < -0.3 is 20.3 Å².